The maximum absolute atomic E-state index is 11.5. The number of urea groups is 1. The van der Waals surface area contributed by atoms with Crippen LogP contribution in [-0.2, 0) is 11.3 Å². The van der Waals surface area contributed by atoms with Gasteiger partial charge in [-0.1, -0.05) is 19.4 Å². The number of carboxylic acid groups (broad SMARTS) is 1. The predicted molar refractivity (Wildman–Crippen MR) is 70.5 cm³/mol. The summed E-state index contributed by atoms with van der Waals surface area (Å²) in [6, 6.07) is 3.37. The molecule has 1 aromatic heterocycles. The van der Waals surface area contributed by atoms with Gasteiger partial charge in [0.05, 0.1) is 0 Å². The summed E-state index contributed by atoms with van der Waals surface area (Å²) in [5.74, 6) is -0.883. The van der Waals surface area contributed by atoms with Crippen LogP contribution in [0.3, 0.4) is 0 Å². The van der Waals surface area contributed by atoms with Crippen molar-refractivity contribution in [2.75, 3.05) is 6.54 Å². The number of hydrogen-bond donors (Lipinski definition) is 3. The van der Waals surface area contributed by atoms with Crippen LogP contribution in [0.25, 0.3) is 0 Å². The number of aliphatic carboxylic acids is 1. The molecule has 104 valence electrons. The largest absolute Gasteiger partial charge is 0.481 e. The molecule has 1 aromatic rings. The average Bonchev–Trinajstić information content (AvgIpc) is 2.42. The Bertz CT molecular complexity index is 409. The summed E-state index contributed by atoms with van der Waals surface area (Å²) in [6.07, 6.45) is 4.13. The Morgan fingerprint density at radius 3 is 2.79 bits per heavy atom. The van der Waals surface area contributed by atoms with Crippen LogP contribution < -0.4 is 10.6 Å². The van der Waals surface area contributed by atoms with Gasteiger partial charge in [-0.25, -0.2) is 4.79 Å². The first-order chi connectivity index (χ1) is 9.11. The number of hydrogen-bond acceptors (Lipinski definition) is 3. The highest BCUT2D eigenvalue weighted by Crippen LogP contribution is 2.06. The molecule has 6 nitrogen and oxygen atoms in total. The summed E-state index contributed by atoms with van der Waals surface area (Å²) in [6.45, 7) is 2.67. The van der Waals surface area contributed by atoms with E-state index in [0.717, 1.165) is 12.0 Å². The summed E-state index contributed by atoms with van der Waals surface area (Å²) in [7, 11) is 0. The molecule has 1 rings (SSSR count). The zero-order chi connectivity index (χ0) is 14.1. The van der Waals surface area contributed by atoms with Crippen molar-refractivity contribution in [1.82, 2.24) is 15.6 Å². The van der Waals surface area contributed by atoms with Crippen LogP contribution in [0.1, 0.15) is 25.3 Å². The molecule has 0 spiro atoms. The van der Waals surface area contributed by atoms with E-state index in [9.17, 15) is 9.59 Å². The molecule has 0 aromatic carbocycles. The van der Waals surface area contributed by atoms with Gasteiger partial charge in [0.15, 0.2) is 0 Å². The minimum absolute atomic E-state index is 0.0401. The fourth-order valence-electron chi connectivity index (χ4n) is 1.59. The topological polar surface area (TPSA) is 91.3 Å². The average molecular weight is 265 g/mol. The van der Waals surface area contributed by atoms with Crippen LogP contribution >= 0.6 is 0 Å². The Morgan fingerprint density at radius 2 is 2.21 bits per heavy atom. The van der Waals surface area contributed by atoms with E-state index in [4.69, 9.17) is 5.11 Å². The molecule has 0 aliphatic carbocycles. The van der Waals surface area contributed by atoms with E-state index in [2.05, 4.69) is 15.6 Å². The third-order valence-corrected chi connectivity index (χ3v) is 2.77. The Balaban J connectivity index is 2.25. The lowest BCUT2D eigenvalue weighted by molar-refractivity contribution is -0.138. The molecular formula is C13H19N3O3. The summed E-state index contributed by atoms with van der Waals surface area (Å²) < 4.78 is 0. The standard InChI is InChI=1S/C13H19N3O3/c1-2-10(6-12(17)18)8-15-13(19)16-9-11-4-3-5-14-7-11/h3-5,7,10H,2,6,8-9H2,1H3,(H,17,18)(H2,15,16,19). The molecule has 1 heterocycles. The fourth-order valence-corrected chi connectivity index (χ4v) is 1.59. The van der Waals surface area contributed by atoms with Gasteiger partial charge in [-0.3, -0.25) is 9.78 Å². The van der Waals surface area contributed by atoms with E-state index in [0.29, 0.717) is 13.1 Å². The Labute approximate surface area is 112 Å². The third-order valence-electron chi connectivity index (χ3n) is 2.77. The maximum Gasteiger partial charge on any atom is 0.315 e. The van der Waals surface area contributed by atoms with Crippen LogP contribution in [0.5, 0.6) is 0 Å². The molecule has 1 atom stereocenters. The van der Waals surface area contributed by atoms with E-state index < -0.39 is 5.97 Å². The highest BCUT2D eigenvalue weighted by Gasteiger charge is 2.12. The SMILES string of the molecule is CCC(CNC(=O)NCc1cccnc1)CC(=O)O. The number of amides is 2. The lowest BCUT2D eigenvalue weighted by Crippen LogP contribution is -2.38. The maximum atomic E-state index is 11.5. The number of pyridine rings is 1. The molecular weight excluding hydrogens is 246 g/mol. The number of rotatable bonds is 7. The normalized spacial score (nSPS) is 11.6. The first-order valence-corrected chi connectivity index (χ1v) is 6.24. The van der Waals surface area contributed by atoms with Crippen molar-refractivity contribution < 1.29 is 14.7 Å². The Kier molecular flexibility index (Phi) is 6.35. The number of carbonyl (C=O) groups is 2. The quantitative estimate of drug-likeness (QED) is 0.694. The van der Waals surface area contributed by atoms with E-state index in [1.165, 1.54) is 0 Å². The first-order valence-electron chi connectivity index (χ1n) is 6.24. The molecule has 19 heavy (non-hydrogen) atoms. The van der Waals surface area contributed by atoms with Crippen LogP contribution in [0.15, 0.2) is 24.5 Å². The van der Waals surface area contributed by atoms with Gasteiger partial charge in [-0.05, 0) is 17.5 Å². The number of aromatic nitrogens is 1. The van der Waals surface area contributed by atoms with E-state index in [-0.39, 0.29) is 18.4 Å². The van der Waals surface area contributed by atoms with Crippen molar-refractivity contribution in [3.8, 4) is 0 Å². The zero-order valence-electron chi connectivity index (χ0n) is 10.9. The van der Waals surface area contributed by atoms with Gasteiger partial charge in [-0.15, -0.1) is 0 Å². The van der Waals surface area contributed by atoms with Crippen LogP contribution in [-0.4, -0.2) is 28.6 Å². The fraction of sp³-hybridized carbons (Fsp3) is 0.462. The predicted octanol–water partition coefficient (Wildman–Crippen LogP) is 1.38. The second-order valence-corrected chi connectivity index (χ2v) is 4.30. The van der Waals surface area contributed by atoms with Crippen molar-refractivity contribution in [3.05, 3.63) is 30.1 Å². The second-order valence-electron chi connectivity index (χ2n) is 4.30. The molecule has 6 heteroatoms. The van der Waals surface area contributed by atoms with Gasteiger partial charge in [0, 0.05) is 31.9 Å². The highest BCUT2D eigenvalue weighted by atomic mass is 16.4. The van der Waals surface area contributed by atoms with Gasteiger partial charge in [-0.2, -0.15) is 0 Å². The van der Waals surface area contributed by atoms with Crippen LogP contribution in [0.2, 0.25) is 0 Å². The number of nitrogens with one attached hydrogen (secondary N) is 2. The summed E-state index contributed by atoms with van der Waals surface area (Å²) in [5.41, 5.74) is 0.912. The Morgan fingerprint density at radius 1 is 1.42 bits per heavy atom. The van der Waals surface area contributed by atoms with Crippen molar-refractivity contribution >= 4 is 12.0 Å². The minimum atomic E-state index is -0.843. The first kappa shape index (κ1) is 14.9. The summed E-state index contributed by atoms with van der Waals surface area (Å²) in [4.78, 5) is 26.1. The molecule has 0 bridgehead atoms. The number of carbonyl (C=O) groups excluding carboxylic acids is 1. The molecule has 0 radical (unpaired) electrons. The van der Waals surface area contributed by atoms with Gasteiger partial charge >= 0.3 is 12.0 Å². The molecule has 0 fully saturated rings. The monoisotopic (exact) mass is 265 g/mol. The zero-order valence-corrected chi connectivity index (χ0v) is 10.9. The number of nitrogens with zero attached hydrogens (tertiary/aromatic N) is 1. The highest BCUT2D eigenvalue weighted by molar-refractivity contribution is 5.74. The molecule has 0 saturated heterocycles. The molecule has 0 aliphatic heterocycles. The van der Waals surface area contributed by atoms with E-state index in [1.54, 1.807) is 18.5 Å². The van der Waals surface area contributed by atoms with Crippen molar-refractivity contribution in [3.63, 3.8) is 0 Å². The molecule has 3 N–H and O–H groups in total. The summed E-state index contributed by atoms with van der Waals surface area (Å²) in [5, 5.41) is 14.1. The minimum Gasteiger partial charge on any atom is -0.481 e. The van der Waals surface area contributed by atoms with Gasteiger partial charge in [0.25, 0.3) is 0 Å². The van der Waals surface area contributed by atoms with Gasteiger partial charge in [0.1, 0.15) is 0 Å². The van der Waals surface area contributed by atoms with Crippen LogP contribution in [0.4, 0.5) is 4.79 Å². The van der Waals surface area contributed by atoms with Crippen molar-refractivity contribution in [2.45, 2.75) is 26.3 Å². The summed E-state index contributed by atoms with van der Waals surface area (Å²) >= 11 is 0. The Hall–Kier alpha value is -2.11. The molecule has 1 unspecified atom stereocenters. The number of carboxylic acids is 1. The molecule has 0 aliphatic rings. The van der Waals surface area contributed by atoms with Crippen molar-refractivity contribution in [2.24, 2.45) is 5.92 Å². The van der Waals surface area contributed by atoms with Gasteiger partial charge in [0.2, 0.25) is 0 Å². The van der Waals surface area contributed by atoms with Gasteiger partial charge < -0.3 is 15.7 Å². The lowest BCUT2D eigenvalue weighted by atomic mass is 10.0. The third kappa shape index (κ3) is 6.40. The van der Waals surface area contributed by atoms with Crippen LogP contribution in [0, 0.1) is 5.92 Å². The van der Waals surface area contributed by atoms with E-state index >= 15 is 0 Å². The smallest absolute Gasteiger partial charge is 0.315 e. The lowest BCUT2D eigenvalue weighted by Gasteiger charge is -2.14. The van der Waals surface area contributed by atoms with Crippen molar-refractivity contribution in [1.29, 1.82) is 0 Å². The second kappa shape index (κ2) is 8.07. The molecule has 0 saturated carbocycles. The molecule has 2 amide bonds. The van der Waals surface area contributed by atoms with E-state index in [1.807, 2.05) is 13.0 Å².